The third-order valence-electron chi connectivity index (χ3n) is 4.18. The molecule has 0 aliphatic carbocycles. The van der Waals surface area contributed by atoms with Crippen LogP contribution in [-0.4, -0.2) is 43.0 Å². The van der Waals surface area contributed by atoms with E-state index in [2.05, 4.69) is 16.3 Å². The lowest BCUT2D eigenvalue weighted by atomic mass is 10.0. The Balaban J connectivity index is 1.83. The molecule has 1 aromatic carbocycles. The molecule has 1 aliphatic heterocycles. The van der Waals surface area contributed by atoms with Gasteiger partial charge in [0.2, 0.25) is 5.91 Å². The fraction of sp³-hybridized carbons (Fsp3) is 0.500. The van der Waals surface area contributed by atoms with E-state index in [1.165, 1.54) is 25.0 Å². The zero-order valence-corrected chi connectivity index (χ0v) is 13.5. The smallest absolute Gasteiger partial charge is 0.221 e. The number of likely N-dealkylation sites (tertiary alicyclic amines) is 1. The minimum atomic E-state index is -0.216. The summed E-state index contributed by atoms with van der Waals surface area (Å²) in [7, 11) is 0. The zero-order chi connectivity index (χ0) is 16.5. The van der Waals surface area contributed by atoms with E-state index < -0.39 is 0 Å². The molecule has 3 N–H and O–H groups in total. The van der Waals surface area contributed by atoms with Gasteiger partial charge in [-0.3, -0.25) is 9.69 Å². The number of nitrogens with two attached hydrogens (primary N) is 1. The average molecular weight is 319 g/mol. The zero-order valence-electron chi connectivity index (χ0n) is 13.5. The first-order valence-corrected chi connectivity index (χ1v) is 8.32. The Hall–Kier alpha value is -1.72. The van der Waals surface area contributed by atoms with Crippen LogP contribution in [0.3, 0.4) is 0 Å². The van der Waals surface area contributed by atoms with Crippen LogP contribution in [0.1, 0.15) is 31.2 Å². The fourth-order valence-electron chi connectivity index (χ4n) is 2.88. The Morgan fingerprint density at radius 3 is 2.87 bits per heavy atom. The Kier molecular flexibility index (Phi) is 7.23. The van der Waals surface area contributed by atoms with E-state index in [9.17, 15) is 9.18 Å². The molecule has 1 aromatic rings. The molecule has 2 rings (SSSR count). The van der Waals surface area contributed by atoms with Crippen molar-refractivity contribution in [1.29, 1.82) is 0 Å². The molecule has 0 saturated carbocycles. The molecule has 0 bridgehead atoms. The summed E-state index contributed by atoms with van der Waals surface area (Å²) >= 11 is 0. The van der Waals surface area contributed by atoms with E-state index in [0.29, 0.717) is 25.6 Å². The lowest BCUT2D eigenvalue weighted by Gasteiger charge is -2.35. The molecule has 0 spiro atoms. The number of nitrogens with one attached hydrogen (secondary N) is 1. The molecule has 5 heteroatoms. The highest BCUT2D eigenvalue weighted by Crippen LogP contribution is 2.16. The van der Waals surface area contributed by atoms with Gasteiger partial charge in [0.25, 0.3) is 0 Å². The number of hydrogen-bond acceptors (Lipinski definition) is 3. The highest BCUT2D eigenvalue weighted by molar-refractivity contribution is 5.76. The average Bonchev–Trinajstić information content (AvgIpc) is 2.56. The molecule has 1 fully saturated rings. The molecule has 1 unspecified atom stereocenters. The van der Waals surface area contributed by atoms with Crippen molar-refractivity contribution in [3.63, 3.8) is 0 Å². The number of piperidine rings is 1. The van der Waals surface area contributed by atoms with Crippen LogP contribution in [-0.2, 0) is 4.79 Å². The summed E-state index contributed by atoms with van der Waals surface area (Å²) in [5, 5.41) is 2.97. The second-order valence-corrected chi connectivity index (χ2v) is 5.94. The third kappa shape index (κ3) is 6.12. The number of amides is 1. The molecule has 0 radical (unpaired) electrons. The molecule has 1 saturated heterocycles. The quantitative estimate of drug-likeness (QED) is 0.810. The van der Waals surface area contributed by atoms with Crippen LogP contribution >= 0.6 is 0 Å². The first kappa shape index (κ1) is 17.6. The van der Waals surface area contributed by atoms with Gasteiger partial charge in [-0.25, -0.2) is 4.39 Å². The molecule has 126 valence electrons. The predicted octanol–water partition coefficient (Wildman–Crippen LogP) is 2.16. The number of carbonyl (C=O) groups is 1. The second-order valence-electron chi connectivity index (χ2n) is 5.94. The van der Waals surface area contributed by atoms with Crippen LogP contribution < -0.4 is 11.1 Å². The molecule has 1 amide bonds. The topological polar surface area (TPSA) is 58.4 Å². The Morgan fingerprint density at radius 2 is 2.13 bits per heavy atom. The summed E-state index contributed by atoms with van der Waals surface area (Å²) in [6.07, 6.45) is 8.00. The Bertz CT molecular complexity index is 516. The predicted molar refractivity (Wildman–Crippen MR) is 91.3 cm³/mol. The lowest BCUT2D eigenvalue weighted by Crippen LogP contribution is -2.46. The van der Waals surface area contributed by atoms with Crippen molar-refractivity contribution in [2.24, 2.45) is 5.73 Å². The van der Waals surface area contributed by atoms with Crippen molar-refractivity contribution in [1.82, 2.24) is 10.2 Å². The maximum Gasteiger partial charge on any atom is 0.221 e. The van der Waals surface area contributed by atoms with Gasteiger partial charge in [-0.1, -0.05) is 30.7 Å². The van der Waals surface area contributed by atoms with Crippen molar-refractivity contribution in [3.05, 3.63) is 41.7 Å². The van der Waals surface area contributed by atoms with Gasteiger partial charge in [0.1, 0.15) is 5.82 Å². The molecule has 4 nitrogen and oxygen atoms in total. The van der Waals surface area contributed by atoms with Crippen LogP contribution in [0, 0.1) is 5.82 Å². The van der Waals surface area contributed by atoms with Gasteiger partial charge in [-0.15, -0.1) is 0 Å². The second kappa shape index (κ2) is 9.43. The summed E-state index contributed by atoms with van der Waals surface area (Å²) < 4.78 is 12.9. The van der Waals surface area contributed by atoms with Gasteiger partial charge in [0.05, 0.1) is 0 Å². The summed E-state index contributed by atoms with van der Waals surface area (Å²) in [5.41, 5.74) is 6.39. The Morgan fingerprint density at radius 1 is 1.35 bits per heavy atom. The van der Waals surface area contributed by atoms with Crippen molar-refractivity contribution in [2.75, 3.05) is 26.2 Å². The fourth-order valence-corrected chi connectivity index (χ4v) is 2.88. The highest BCUT2D eigenvalue weighted by atomic mass is 19.1. The first-order valence-electron chi connectivity index (χ1n) is 8.32. The maximum absolute atomic E-state index is 12.9. The lowest BCUT2D eigenvalue weighted by molar-refractivity contribution is -0.121. The summed E-state index contributed by atoms with van der Waals surface area (Å²) in [4.78, 5) is 14.0. The number of hydrogen-bond donors (Lipinski definition) is 2. The summed E-state index contributed by atoms with van der Waals surface area (Å²) in [5.74, 6) is -0.189. The summed E-state index contributed by atoms with van der Waals surface area (Å²) in [6, 6.07) is 6.86. The van der Waals surface area contributed by atoms with Crippen molar-refractivity contribution >= 4 is 12.0 Å². The highest BCUT2D eigenvalue weighted by Gasteiger charge is 2.21. The van der Waals surface area contributed by atoms with Gasteiger partial charge in [0, 0.05) is 32.1 Å². The van der Waals surface area contributed by atoms with E-state index in [1.54, 1.807) is 12.1 Å². The Labute approximate surface area is 137 Å². The van der Waals surface area contributed by atoms with E-state index in [0.717, 1.165) is 25.1 Å². The molecular weight excluding hydrogens is 293 g/mol. The van der Waals surface area contributed by atoms with Crippen molar-refractivity contribution in [2.45, 2.75) is 31.7 Å². The van der Waals surface area contributed by atoms with Crippen LogP contribution in [0.25, 0.3) is 6.08 Å². The van der Waals surface area contributed by atoms with Gasteiger partial charge in [-0.2, -0.15) is 0 Å². The number of carbonyl (C=O) groups excluding carboxylic acids is 1. The SMILES string of the molecule is NCCC(=O)NCC1CCCCN1C/C=C/c1ccc(F)cc1. The minimum absolute atomic E-state index is 0.0277. The molecule has 0 aromatic heterocycles. The largest absolute Gasteiger partial charge is 0.354 e. The number of halogens is 1. The third-order valence-corrected chi connectivity index (χ3v) is 4.18. The van der Waals surface area contributed by atoms with Gasteiger partial charge in [-0.05, 0) is 37.1 Å². The van der Waals surface area contributed by atoms with Crippen molar-refractivity contribution < 1.29 is 9.18 Å². The summed E-state index contributed by atoms with van der Waals surface area (Å²) in [6.45, 7) is 2.96. The monoisotopic (exact) mass is 319 g/mol. The number of nitrogens with zero attached hydrogens (tertiary/aromatic N) is 1. The minimum Gasteiger partial charge on any atom is -0.354 e. The van der Waals surface area contributed by atoms with E-state index in [-0.39, 0.29) is 11.7 Å². The van der Waals surface area contributed by atoms with Gasteiger partial charge < -0.3 is 11.1 Å². The molecule has 1 aliphatic rings. The van der Waals surface area contributed by atoms with E-state index in [1.807, 2.05) is 6.08 Å². The first-order chi connectivity index (χ1) is 11.2. The van der Waals surface area contributed by atoms with Crippen LogP contribution in [0.2, 0.25) is 0 Å². The van der Waals surface area contributed by atoms with Crippen LogP contribution in [0.15, 0.2) is 30.3 Å². The van der Waals surface area contributed by atoms with Crippen LogP contribution in [0.4, 0.5) is 4.39 Å². The standard InChI is InChI=1S/C18H26FN3O/c19-16-8-6-15(7-9-16)4-3-13-22-12-2-1-5-17(22)14-21-18(23)10-11-20/h3-4,6-9,17H,1-2,5,10-14,20H2,(H,21,23)/b4-3+. The normalized spacial score (nSPS) is 19.1. The van der Waals surface area contributed by atoms with E-state index in [4.69, 9.17) is 5.73 Å². The van der Waals surface area contributed by atoms with E-state index >= 15 is 0 Å². The molecule has 1 heterocycles. The number of rotatable bonds is 7. The van der Waals surface area contributed by atoms with Crippen LogP contribution in [0.5, 0.6) is 0 Å². The maximum atomic E-state index is 12.9. The van der Waals surface area contributed by atoms with Gasteiger partial charge >= 0.3 is 0 Å². The molecule has 23 heavy (non-hydrogen) atoms. The molecular formula is C18H26FN3O. The molecule has 1 atom stereocenters. The number of benzene rings is 1. The van der Waals surface area contributed by atoms with Crippen molar-refractivity contribution in [3.8, 4) is 0 Å². The van der Waals surface area contributed by atoms with Gasteiger partial charge in [0.15, 0.2) is 0 Å².